The summed E-state index contributed by atoms with van der Waals surface area (Å²) in [4.78, 5) is 23.1. The van der Waals surface area contributed by atoms with E-state index >= 15 is 0 Å². The molecule has 0 saturated heterocycles. The third-order valence-corrected chi connectivity index (χ3v) is 5.44. The fourth-order valence-electron chi connectivity index (χ4n) is 3.15. The lowest BCUT2D eigenvalue weighted by molar-refractivity contribution is 0.0975. The Morgan fingerprint density at radius 3 is 2.60 bits per heavy atom. The Morgan fingerprint density at radius 1 is 1.10 bits per heavy atom. The van der Waals surface area contributed by atoms with Crippen molar-refractivity contribution in [3.8, 4) is 0 Å². The second-order valence-electron chi connectivity index (χ2n) is 6.88. The van der Waals surface area contributed by atoms with E-state index in [4.69, 9.17) is 5.73 Å². The summed E-state index contributed by atoms with van der Waals surface area (Å²) in [6.07, 6.45) is 4.60. The van der Waals surface area contributed by atoms with E-state index in [2.05, 4.69) is 54.9 Å². The van der Waals surface area contributed by atoms with Crippen molar-refractivity contribution < 1.29 is 4.79 Å². The molecule has 0 unspecified atom stereocenters. The predicted octanol–water partition coefficient (Wildman–Crippen LogP) is 5.69. The monoisotopic (exact) mass is 468 g/mol. The molecule has 30 heavy (non-hydrogen) atoms. The summed E-state index contributed by atoms with van der Waals surface area (Å²) in [5.74, 6) is 0.788. The topological polar surface area (TPSA) is 96.8 Å². The Labute approximate surface area is 184 Å². The number of pyridine rings is 2. The van der Waals surface area contributed by atoms with Crippen LogP contribution in [-0.4, -0.2) is 40.3 Å². The molecule has 0 radical (unpaired) electrons. The Bertz CT molecular complexity index is 1040. The molecule has 0 aliphatic carbocycles. The fourth-order valence-corrected chi connectivity index (χ4v) is 3.51. The average molecular weight is 469 g/mol. The lowest BCUT2D eigenvalue weighted by atomic mass is 10.1. The number of azo groups is 1. The van der Waals surface area contributed by atoms with Crippen molar-refractivity contribution in [2.45, 2.75) is 26.7 Å². The summed E-state index contributed by atoms with van der Waals surface area (Å²) >= 11 is 3.46. The van der Waals surface area contributed by atoms with Gasteiger partial charge in [-0.25, -0.2) is 9.97 Å². The van der Waals surface area contributed by atoms with Crippen LogP contribution in [0.1, 0.15) is 37.0 Å². The molecule has 0 spiro atoms. The number of rotatable bonds is 9. The molecule has 0 saturated carbocycles. The van der Waals surface area contributed by atoms with Gasteiger partial charge in [0.05, 0.1) is 0 Å². The van der Waals surface area contributed by atoms with Crippen LogP contribution in [0.3, 0.4) is 0 Å². The number of Topliss-reactive ketones (excluding diaryl/α,β-unsaturated/α-hetero) is 1. The summed E-state index contributed by atoms with van der Waals surface area (Å²) in [6, 6.07) is 9.22. The van der Waals surface area contributed by atoms with Crippen molar-refractivity contribution in [2.24, 2.45) is 10.2 Å². The largest absolute Gasteiger partial charge is 0.382 e. The van der Waals surface area contributed by atoms with Gasteiger partial charge in [-0.1, -0.05) is 35.8 Å². The molecule has 2 heterocycles. The molecule has 7 nitrogen and oxygen atoms in total. The van der Waals surface area contributed by atoms with Gasteiger partial charge < -0.3 is 10.6 Å². The van der Waals surface area contributed by atoms with E-state index in [0.29, 0.717) is 29.3 Å². The maximum Gasteiger partial charge on any atom is 0.174 e. The third kappa shape index (κ3) is 5.46. The zero-order valence-corrected chi connectivity index (χ0v) is 18.8. The first-order valence-corrected chi connectivity index (χ1v) is 10.8. The molecule has 0 atom stereocenters. The van der Waals surface area contributed by atoms with Crippen LogP contribution in [0.15, 0.2) is 57.4 Å². The summed E-state index contributed by atoms with van der Waals surface area (Å²) in [6.45, 7) is 7.18. The molecule has 0 aliphatic heterocycles. The molecular formula is C22H25BrN6O. The molecule has 8 heteroatoms. The zero-order chi connectivity index (χ0) is 21.5. The SMILES string of the molecule is CCN(CC)CCCC(=O)c1ccc(N=Nc2c(N)ncc3ccc(Br)cc23)nc1. The molecule has 0 aliphatic rings. The van der Waals surface area contributed by atoms with Crippen LogP contribution in [0.4, 0.5) is 17.3 Å². The average Bonchev–Trinajstić information content (AvgIpc) is 2.76. The van der Waals surface area contributed by atoms with Crippen molar-refractivity contribution in [3.63, 3.8) is 0 Å². The number of carbonyl (C=O) groups is 1. The first kappa shape index (κ1) is 22.0. The summed E-state index contributed by atoms with van der Waals surface area (Å²) in [7, 11) is 0. The van der Waals surface area contributed by atoms with Crippen LogP contribution in [0.2, 0.25) is 0 Å². The standard InChI is InChI=1S/C22H25BrN6O/c1-3-29(4-2)11-5-6-19(30)16-8-10-20(25-14-16)27-28-21-18-12-17(23)9-7-15(18)13-26-22(21)24/h7-10,12-14H,3-6,11H2,1-2H3,(H2,24,26). The van der Waals surface area contributed by atoms with Crippen LogP contribution in [-0.2, 0) is 0 Å². The maximum atomic E-state index is 12.4. The van der Waals surface area contributed by atoms with E-state index in [1.165, 1.54) is 0 Å². The minimum atomic E-state index is 0.0884. The third-order valence-electron chi connectivity index (χ3n) is 4.95. The smallest absolute Gasteiger partial charge is 0.174 e. The molecule has 3 rings (SSSR count). The van der Waals surface area contributed by atoms with Crippen molar-refractivity contribution in [2.75, 3.05) is 25.4 Å². The minimum absolute atomic E-state index is 0.0884. The molecule has 1 aromatic carbocycles. The molecular weight excluding hydrogens is 444 g/mol. The molecule has 0 fully saturated rings. The number of benzene rings is 1. The van der Waals surface area contributed by atoms with Gasteiger partial charge in [-0.2, -0.15) is 0 Å². The van der Waals surface area contributed by atoms with Gasteiger partial charge in [0.15, 0.2) is 17.4 Å². The van der Waals surface area contributed by atoms with Gasteiger partial charge in [0.25, 0.3) is 0 Å². The van der Waals surface area contributed by atoms with Crippen LogP contribution in [0, 0.1) is 0 Å². The number of carbonyl (C=O) groups excluding carboxylic acids is 1. The number of anilines is 1. The number of halogens is 1. The lowest BCUT2D eigenvalue weighted by Crippen LogP contribution is -2.24. The highest BCUT2D eigenvalue weighted by molar-refractivity contribution is 9.10. The summed E-state index contributed by atoms with van der Waals surface area (Å²) in [5.41, 5.74) is 7.08. The Morgan fingerprint density at radius 2 is 1.90 bits per heavy atom. The van der Waals surface area contributed by atoms with Gasteiger partial charge >= 0.3 is 0 Å². The molecule has 156 valence electrons. The number of nitrogens with two attached hydrogens (primary N) is 1. The quantitative estimate of drug-likeness (QED) is 0.321. The second kappa shape index (κ2) is 10.4. The number of ketones is 1. The van der Waals surface area contributed by atoms with Gasteiger partial charge in [-0.3, -0.25) is 4.79 Å². The second-order valence-corrected chi connectivity index (χ2v) is 7.80. The van der Waals surface area contributed by atoms with E-state index < -0.39 is 0 Å². The molecule has 0 amide bonds. The Hall–Kier alpha value is -2.71. The van der Waals surface area contributed by atoms with Gasteiger partial charge in [0, 0.05) is 39.6 Å². The fraction of sp³-hybridized carbons (Fsp3) is 0.318. The highest BCUT2D eigenvalue weighted by Crippen LogP contribution is 2.33. The number of hydrogen-bond donors (Lipinski definition) is 1. The van der Waals surface area contributed by atoms with Crippen LogP contribution in [0.5, 0.6) is 0 Å². The molecule has 2 N–H and O–H groups in total. The number of nitrogen functional groups attached to an aromatic ring is 1. The summed E-state index contributed by atoms with van der Waals surface area (Å²) in [5, 5.41) is 10.2. The first-order valence-electron chi connectivity index (χ1n) is 9.99. The number of aromatic nitrogens is 2. The highest BCUT2D eigenvalue weighted by Gasteiger charge is 2.09. The van der Waals surface area contributed by atoms with Gasteiger partial charge in [-0.15, -0.1) is 10.2 Å². The highest BCUT2D eigenvalue weighted by atomic mass is 79.9. The van der Waals surface area contributed by atoms with Crippen molar-refractivity contribution in [1.82, 2.24) is 14.9 Å². The lowest BCUT2D eigenvalue weighted by Gasteiger charge is -2.17. The van der Waals surface area contributed by atoms with E-state index in [0.717, 1.165) is 41.3 Å². The van der Waals surface area contributed by atoms with E-state index in [-0.39, 0.29) is 5.78 Å². The van der Waals surface area contributed by atoms with Gasteiger partial charge in [-0.05, 0) is 50.3 Å². The minimum Gasteiger partial charge on any atom is -0.382 e. The number of hydrogen-bond acceptors (Lipinski definition) is 7. The molecule has 0 bridgehead atoms. The van der Waals surface area contributed by atoms with Crippen LogP contribution in [0.25, 0.3) is 10.8 Å². The Kier molecular flexibility index (Phi) is 7.59. The van der Waals surface area contributed by atoms with Crippen LogP contribution < -0.4 is 5.73 Å². The maximum absolute atomic E-state index is 12.4. The number of nitrogens with zero attached hydrogens (tertiary/aromatic N) is 5. The zero-order valence-electron chi connectivity index (χ0n) is 17.2. The van der Waals surface area contributed by atoms with Gasteiger partial charge in [0.2, 0.25) is 0 Å². The van der Waals surface area contributed by atoms with Crippen molar-refractivity contribution in [3.05, 3.63) is 52.8 Å². The van der Waals surface area contributed by atoms with E-state index in [9.17, 15) is 4.79 Å². The van der Waals surface area contributed by atoms with E-state index in [1.807, 2.05) is 18.2 Å². The van der Waals surface area contributed by atoms with Crippen LogP contribution >= 0.6 is 15.9 Å². The molecule has 3 aromatic rings. The number of fused-ring (bicyclic) bond motifs is 1. The summed E-state index contributed by atoms with van der Waals surface area (Å²) < 4.78 is 0.916. The first-order chi connectivity index (χ1) is 14.5. The Balaban J connectivity index is 1.70. The van der Waals surface area contributed by atoms with Gasteiger partial charge in [0.1, 0.15) is 5.69 Å². The van der Waals surface area contributed by atoms with Crippen molar-refractivity contribution >= 4 is 49.8 Å². The van der Waals surface area contributed by atoms with Crippen molar-refractivity contribution in [1.29, 1.82) is 0 Å². The predicted molar refractivity (Wildman–Crippen MR) is 124 cm³/mol. The molecule has 2 aromatic heterocycles. The van der Waals surface area contributed by atoms with E-state index in [1.54, 1.807) is 24.5 Å². The normalized spacial score (nSPS) is 11.6.